The van der Waals surface area contributed by atoms with Gasteiger partial charge in [-0.25, -0.2) is 4.79 Å². The maximum Gasteiger partial charge on any atom is 0.408 e. The zero-order valence-corrected chi connectivity index (χ0v) is 17.3. The summed E-state index contributed by atoms with van der Waals surface area (Å²) in [5, 5.41) is 3.61. The van der Waals surface area contributed by atoms with Crippen molar-refractivity contribution in [3.8, 4) is 0 Å². The zero-order valence-electron chi connectivity index (χ0n) is 16.5. The summed E-state index contributed by atoms with van der Waals surface area (Å²) in [4.78, 5) is 24.7. The molecule has 3 rings (SSSR count). The summed E-state index contributed by atoms with van der Waals surface area (Å²) in [5.74, 6) is 0.0282. The Kier molecular flexibility index (Phi) is 5.80. The maximum atomic E-state index is 12.5. The Morgan fingerprint density at radius 1 is 1.11 bits per heavy atom. The van der Waals surface area contributed by atoms with Crippen molar-refractivity contribution in [2.75, 3.05) is 0 Å². The summed E-state index contributed by atoms with van der Waals surface area (Å²) in [6.45, 7) is 5.56. The first-order chi connectivity index (χ1) is 13.2. The van der Waals surface area contributed by atoms with E-state index in [1.165, 1.54) is 0 Å². The number of carbonyl (C=O) groups excluding carboxylic acids is 2. The van der Waals surface area contributed by atoms with E-state index in [0.717, 1.165) is 30.4 Å². The van der Waals surface area contributed by atoms with Crippen LogP contribution in [0.2, 0.25) is 5.02 Å². The molecule has 0 spiro atoms. The molecule has 0 heterocycles. The molecule has 2 aromatic carbocycles. The Balaban J connectivity index is 1.69. The summed E-state index contributed by atoms with van der Waals surface area (Å²) < 4.78 is 5.42. The van der Waals surface area contributed by atoms with Crippen molar-refractivity contribution < 1.29 is 14.3 Å². The van der Waals surface area contributed by atoms with Crippen molar-refractivity contribution in [2.24, 2.45) is 0 Å². The van der Waals surface area contributed by atoms with E-state index in [0.29, 0.717) is 17.0 Å². The van der Waals surface area contributed by atoms with Gasteiger partial charge in [0.1, 0.15) is 5.60 Å². The third kappa shape index (κ3) is 4.93. The number of carbonyl (C=O) groups is 2. The van der Waals surface area contributed by atoms with E-state index >= 15 is 0 Å². The Labute approximate surface area is 171 Å². The Hall–Kier alpha value is -2.33. The molecule has 0 radical (unpaired) electrons. The number of amides is 1. The van der Waals surface area contributed by atoms with Gasteiger partial charge in [0.2, 0.25) is 0 Å². The average molecular weight is 400 g/mol. The summed E-state index contributed by atoms with van der Waals surface area (Å²) in [6.07, 6.45) is 2.74. The molecule has 148 valence electrons. The first kappa shape index (κ1) is 20.4. The van der Waals surface area contributed by atoms with Gasteiger partial charge in [-0.2, -0.15) is 0 Å². The molecule has 0 aliphatic heterocycles. The lowest BCUT2D eigenvalue weighted by Gasteiger charge is -2.43. The second-order valence-corrected chi connectivity index (χ2v) is 8.81. The normalized spacial score (nSPS) is 15.4. The number of alkyl carbamates (subject to hydrolysis) is 1. The molecule has 1 N–H and O–H groups in total. The van der Waals surface area contributed by atoms with Crippen LogP contribution in [0.25, 0.3) is 0 Å². The van der Waals surface area contributed by atoms with Gasteiger partial charge in [-0.15, -0.1) is 0 Å². The third-order valence-corrected chi connectivity index (χ3v) is 5.20. The van der Waals surface area contributed by atoms with Crippen LogP contribution in [-0.4, -0.2) is 17.5 Å². The minimum atomic E-state index is -0.528. The van der Waals surface area contributed by atoms with E-state index in [1.54, 1.807) is 24.3 Å². The van der Waals surface area contributed by atoms with E-state index in [-0.39, 0.29) is 11.3 Å². The molecule has 5 heteroatoms. The molecular weight excluding hydrogens is 374 g/mol. The summed E-state index contributed by atoms with van der Waals surface area (Å²) in [7, 11) is 0. The van der Waals surface area contributed by atoms with Gasteiger partial charge in [-0.3, -0.25) is 4.79 Å². The molecule has 1 fully saturated rings. The predicted octanol–water partition coefficient (Wildman–Crippen LogP) is 5.67. The molecular formula is C23H26ClNO3. The van der Waals surface area contributed by atoms with E-state index in [4.69, 9.17) is 16.3 Å². The Morgan fingerprint density at radius 2 is 1.79 bits per heavy atom. The first-order valence-corrected chi connectivity index (χ1v) is 9.94. The molecule has 0 atom stereocenters. The highest BCUT2D eigenvalue weighted by molar-refractivity contribution is 6.31. The average Bonchev–Trinajstić information content (AvgIpc) is 2.57. The summed E-state index contributed by atoms with van der Waals surface area (Å²) >= 11 is 5.97. The smallest absolute Gasteiger partial charge is 0.408 e. The van der Waals surface area contributed by atoms with Crippen molar-refractivity contribution in [1.29, 1.82) is 0 Å². The molecule has 1 aliphatic carbocycles. The Morgan fingerprint density at radius 3 is 2.32 bits per heavy atom. The van der Waals surface area contributed by atoms with Crippen molar-refractivity contribution in [1.82, 2.24) is 5.32 Å². The molecule has 1 amide bonds. The van der Waals surface area contributed by atoms with E-state index in [2.05, 4.69) is 5.32 Å². The highest BCUT2D eigenvalue weighted by Crippen LogP contribution is 2.41. The van der Waals surface area contributed by atoms with Gasteiger partial charge in [0.15, 0.2) is 5.78 Å². The highest BCUT2D eigenvalue weighted by Gasteiger charge is 2.41. The van der Waals surface area contributed by atoms with Crippen LogP contribution in [0.3, 0.4) is 0 Å². The van der Waals surface area contributed by atoms with Crippen LogP contribution >= 0.6 is 11.6 Å². The number of ketones is 1. The van der Waals surface area contributed by atoms with Gasteiger partial charge < -0.3 is 10.1 Å². The number of rotatable bonds is 5. The largest absolute Gasteiger partial charge is 0.444 e. The topological polar surface area (TPSA) is 55.4 Å². The SMILES string of the molecule is CC(C)(C)OC(=O)NC1(c2ccc(CC(=O)c3cccc(Cl)c3)cc2)CCC1. The molecule has 0 bridgehead atoms. The lowest BCUT2D eigenvalue weighted by molar-refractivity contribution is 0.0377. The van der Waals surface area contributed by atoms with Crippen molar-refractivity contribution in [3.63, 3.8) is 0 Å². The number of Topliss-reactive ketones (excluding diaryl/α,β-unsaturated/α-hetero) is 1. The van der Waals surface area contributed by atoms with Crippen molar-refractivity contribution in [2.45, 2.75) is 57.6 Å². The monoisotopic (exact) mass is 399 g/mol. The van der Waals surface area contributed by atoms with E-state index in [1.807, 2.05) is 45.0 Å². The molecule has 28 heavy (non-hydrogen) atoms. The summed E-state index contributed by atoms with van der Waals surface area (Å²) in [5.41, 5.74) is 1.68. The predicted molar refractivity (Wildman–Crippen MR) is 111 cm³/mol. The van der Waals surface area contributed by atoms with Crippen LogP contribution in [-0.2, 0) is 16.7 Å². The van der Waals surface area contributed by atoms with Gasteiger partial charge in [0, 0.05) is 17.0 Å². The zero-order chi connectivity index (χ0) is 20.4. The van der Waals surface area contributed by atoms with Gasteiger partial charge in [0.05, 0.1) is 5.54 Å². The second-order valence-electron chi connectivity index (χ2n) is 8.37. The van der Waals surface area contributed by atoms with Crippen LogP contribution < -0.4 is 5.32 Å². The number of hydrogen-bond donors (Lipinski definition) is 1. The van der Waals surface area contributed by atoms with Crippen molar-refractivity contribution >= 4 is 23.5 Å². The number of benzene rings is 2. The van der Waals surface area contributed by atoms with Crippen LogP contribution in [0.4, 0.5) is 4.79 Å². The molecule has 1 saturated carbocycles. The molecule has 1 aliphatic rings. The fourth-order valence-corrected chi connectivity index (χ4v) is 3.60. The van der Waals surface area contributed by atoms with Gasteiger partial charge >= 0.3 is 6.09 Å². The van der Waals surface area contributed by atoms with E-state index < -0.39 is 11.7 Å². The van der Waals surface area contributed by atoms with Crippen LogP contribution in [0.1, 0.15) is 61.5 Å². The highest BCUT2D eigenvalue weighted by atomic mass is 35.5. The molecule has 0 aromatic heterocycles. The quantitative estimate of drug-likeness (QED) is 0.659. The maximum absolute atomic E-state index is 12.5. The van der Waals surface area contributed by atoms with Crippen LogP contribution in [0.15, 0.2) is 48.5 Å². The van der Waals surface area contributed by atoms with Gasteiger partial charge in [-0.1, -0.05) is 48.0 Å². The van der Waals surface area contributed by atoms with Crippen molar-refractivity contribution in [3.05, 3.63) is 70.2 Å². The van der Waals surface area contributed by atoms with Gasteiger partial charge in [0.25, 0.3) is 0 Å². The van der Waals surface area contributed by atoms with E-state index in [9.17, 15) is 9.59 Å². The molecule has 2 aromatic rings. The third-order valence-electron chi connectivity index (χ3n) is 4.97. The fraction of sp³-hybridized carbons (Fsp3) is 0.391. The molecule has 0 unspecified atom stereocenters. The minimum Gasteiger partial charge on any atom is -0.444 e. The fourth-order valence-electron chi connectivity index (χ4n) is 3.41. The molecule has 4 nitrogen and oxygen atoms in total. The number of halogens is 1. The minimum absolute atomic E-state index is 0.0282. The number of ether oxygens (including phenoxy) is 1. The molecule has 0 saturated heterocycles. The number of nitrogens with one attached hydrogen (secondary N) is 1. The Bertz CT molecular complexity index is 864. The standard InChI is InChI=1S/C23H26ClNO3/c1-22(2,3)28-21(27)25-23(12-5-13-23)18-10-8-16(9-11-18)14-20(26)17-6-4-7-19(24)15-17/h4,6-11,15H,5,12-14H2,1-3H3,(H,25,27). The first-order valence-electron chi connectivity index (χ1n) is 9.56. The number of hydrogen-bond acceptors (Lipinski definition) is 3. The lowest BCUT2D eigenvalue weighted by atomic mass is 9.71. The van der Waals surface area contributed by atoms with Crippen LogP contribution in [0.5, 0.6) is 0 Å². The van der Waals surface area contributed by atoms with Gasteiger partial charge in [-0.05, 0) is 63.3 Å². The lowest BCUT2D eigenvalue weighted by Crippen LogP contribution is -2.52. The van der Waals surface area contributed by atoms with Crippen LogP contribution in [0, 0.1) is 0 Å². The summed E-state index contributed by atoms with van der Waals surface area (Å²) in [6, 6.07) is 14.9. The second kappa shape index (κ2) is 7.96.